The lowest BCUT2D eigenvalue weighted by atomic mass is 10.0. The molecule has 0 aliphatic carbocycles. The molecule has 1 unspecified atom stereocenters. The van der Waals surface area contributed by atoms with Crippen molar-refractivity contribution in [3.63, 3.8) is 0 Å². The molecule has 8 heteroatoms. The lowest BCUT2D eigenvalue weighted by Crippen LogP contribution is -2.36. The van der Waals surface area contributed by atoms with Crippen LogP contribution in [0.5, 0.6) is 0 Å². The number of fused-ring (bicyclic) bond motifs is 1. The molecule has 4 rings (SSSR count). The van der Waals surface area contributed by atoms with E-state index in [-0.39, 0.29) is 11.9 Å². The summed E-state index contributed by atoms with van der Waals surface area (Å²) in [5.74, 6) is 1.05. The summed E-state index contributed by atoms with van der Waals surface area (Å²) < 4.78 is 5.44. The van der Waals surface area contributed by atoms with Crippen LogP contribution in [0.4, 0.5) is 0 Å². The fourth-order valence-electron chi connectivity index (χ4n) is 3.72. The summed E-state index contributed by atoms with van der Waals surface area (Å²) >= 11 is 7.45. The summed E-state index contributed by atoms with van der Waals surface area (Å²) in [4.78, 5) is 24.6. The quantitative estimate of drug-likeness (QED) is 0.387. The van der Waals surface area contributed by atoms with Crippen molar-refractivity contribution in [1.82, 2.24) is 20.2 Å². The minimum atomic E-state index is -0.0422. The summed E-state index contributed by atoms with van der Waals surface area (Å²) in [5, 5.41) is 5.64. The summed E-state index contributed by atoms with van der Waals surface area (Å²) in [5.41, 5.74) is 1.96. The van der Waals surface area contributed by atoms with Crippen molar-refractivity contribution in [2.24, 2.45) is 0 Å². The van der Waals surface area contributed by atoms with E-state index in [1.54, 1.807) is 0 Å². The van der Waals surface area contributed by atoms with Crippen molar-refractivity contribution >= 4 is 40.2 Å². The van der Waals surface area contributed by atoms with Gasteiger partial charge in [0.15, 0.2) is 0 Å². The van der Waals surface area contributed by atoms with Gasteiger partial charge in [-0.1, -0.05) is 60.6 Å². The number of nitrogens with one attached hydrogen (secondary N) is 1. The SMILES string of the molecule is CCC(NC(=O)CSc1nc(CN2CCOCC2)nc2ccccc12)c1ccc(Cl)cc1. The number of nitrogens with zero attached hydrogens (tertiary/aromatic N) is 3. The highest BCUT2D eigenvalue weighted by Crippen LogP contribution is 2.26. The molecule has 1 N–H and O–H groups in total. The van der Waals surface area contributed by atoms with Crippen LogP contribution in [0.25, 0.3) is 10.9 Å². The van der Waals surface area contributed by atoms with Crippen molar-refractivity contribution in [1.29, 1.82) is 0 Å². The van der Waals surface area contributed by atoms with Crippen LogP contribution >= 0.6 is 23.4 Å². The largest absolute Gasteiger partial charge is 0.379 e. The molecule has 0 saturated carbocycles. The normalized spacial score (nSPS) is 15.6. The number of para-hydroxylation sites is 1. The molecule has 32 heavy (non-hydrogen) atoms. The number of rotatable bonds is 8. The number of aromatic nitrogens is 2. The first kappa shape index (κ1) is 23.0. The fraction of sp³-hybridized carbons (Fsp3) is 0.375. The number of thioether (sulfide) groups is 1. The molecule has 2 heterocycles. The van der Waals surface area contributed by atoms with Gasteiger partial charge in [0.25, 0.3) is 0 Å². The van der Waals surface area contributed by atoms with Gasteiger partial charge in [0.1, 0.15) is 10.9 Å². The maximum absolute atomic E-state index is 12.7. The Balaban J connectivity index is 1.45. The smallest absolute Gasteiger partial charge is 0.230 e. The van der Waals surface area contributed by atoms with Crippen molar-refractivity contribution in [3.8, 4) is 0 Å². The molecule has 6 nitrogen and oxygen atoms in total. The minimum absolute atomic E-state index is 0.0192. The maximum atomic E-state index is 12.7. The molecule has 168 valence electrons. The molecule has 1 atom stereocenters. The topological polar surface area (TPSA) is 67.4 Å². The number of halogens is 1. The number of ether oxygens (including phenoxy) is 1. The molecule has 2 aromatic carbocycles. The van der Waals surface area contributed by atoms with Crippen molar-refractivity contribution in [3.05, 3.63) is 64.9 Å². The van der Waals surface area contributed by atoms with Crippen molar-refractivity contribution in [2.75, 3.05) is 32.1 Å². The molecule has 1 amide bonds. The van der Waals surface area contributed by atoms with Crippen LogP contribution in [0.15, 0.2) is 53.6 Å². The van der Waals surface area contributed by atoms with Crippen LogP contribution in [0.3, 0.4) is 0 Å². The molecule has 0 spiro atoms. The van der Waals surface area contributed by atoms with Crippen molar-refractivity contribution < 1.29 is 9.53 Å². The van der Waals surface area contributed by atoms with Gasteiger partial charge in [0, 0.05) is 23.5 Å². The highest BCUT2D eigenvalue weighted by Gasteiger charge is 2.17. The Kier molecular flexibility index (Phi) is 7.97. The van der Waals surface area contributed by atoms with Crippen LogP contribution in [-0.4, -0.2) is 52.8 Å². The predicted molar refractivity (Wildman–Crippen MR) is 129 cm³/mol. The molecule has 3 aromatic rings. The molecular formula is C24H27ClN4O2S. The highest BCUT2D eigenvalue weighted by molar-refractivity contribution is 8.00. The monoisotopic (exact) mass is 470 g/mol. The van der Waals surface area contributed by atoms with E-state index < -0.39 is 0 Å². The van der Waals surface area contributed by atoms with Gasteiger partial charge in [-0.2, -0.15) is 0 Å². The minimum Gasteiger partial charge on any atom is -0.379 e. The van der Waals surface area contributed by atoms with Crippen LogP contribution in [0.2, 0.25) is 5.02 Å². The third-order valence-electron chi connectivity index (χ3n) is 5.44. The molecular weight excluding hydrogens is 444 g/mol. The lowest BCUT2D eigenvalue weighted by Gasteiger charge is -2.26. The van der Waals surface area contributed by atoms with E-state index in [9.17, 15) is 4.79 Å². The van der Waals surface area contributed by atoms with Gasteiger partial charge in [0.05, 0.1) is 37.1 Å². The average Bonchev–Trinajstić information content (AvgIpc) is 2.82. The van der Waals surface area contributed by atoms with E-state index in [0.717, 1.165) is 60.0 Å². The van der Waals surface area contributed by atoms with E-state index >= 15 is 0 Å². The van der Waals surface area contributed by atoms with E-state index in [0.29, 0.717) is 17.3 Å². The summed E-state index contributed by atoms with van der Waals surface area (Å²) in [7, 11) is 0. The van der Waals surface area contributed by atoms with E-state index in [1.807, 2.05) is 48.5 Å². The molecule has 1 aliphatic rings. The van der Waals surface area contributed by atoms with Gasteiger partial charge in [-0.05, 0) is 30.2 Å². The van der Waals surface area contributed by atoms with Gasteiger partial charge >= 0.3 is 0 Å². The fourth-order valence-corrected chi connectivity index (χ4v) is 4.69. The highest BCUT2D eigenvalue weighted by atomic mass is 35.5. The number of morpholine rings is 1. The van der Waals surface area contributed by atoms with Gasteiger partial charge in [-0.25, -0.2) is 9.97 Å². The van der Waals surface area contributed by atoms with Crippen LogP contribution in [-0.2, 0) is 16.1 Å². The summed E-state index contributed by atoms with van der Waals surface area (Å²) in [6, 6.07) is 15.5. The first-order chi connectivity index (χ1) is 15.6. The van der Waals surface area contributed by atoms with E-state index in [2.05, 4.69) is 17.1 Å². The Morgan fingerprint density at radius 2 is 1.91 bits per heavy atom. The number of hydrogen-bond acceptors (Lipinski definition) is 6. The first-order valence-corrected chi connectivity index (χ1v) is 12.2. The number of carbonyl (C=O) groups is 1. The molecule has 1 aromatic heterocycles. The van der Waals surface area contributed by atoms with E-state index in [1.165, 1.54) is 11.8 Å². The zero-order valence-corrected chi connectivity index (χ0v) is 19.7. The second-order valence-electron chi connectivity index (χ2n) is 7.72. The third kappa shape index (κ3) is 5.98. The number of amides is 1. The molecule has 0 bridgehead atoms. The zero-order valence-electron chi connectivity index (χ0n) is 18.1. The van der Waals surface area contributed by atoms with Gasteiger partial charge in [-0.3, -0.25) is 9.69 Å². The summed E-state index contributed by atoms with van der Waals surface area (Å²) in [6.07, 6.45) is 0.804. The third-order valence-corrected chi connectivity index (χ3v) is 6.68. The second-order valence-corrected chi connectivity index (χ2v) is 9.12. The van der Waals surface area contributed by atoms with Gasteiger partial charge in [0.2, 0.25) is 5.91 Å². The Labute approximate surface area is 197 Å². The first-order valence-electron chi connectivity index (χ1n) is 10.9. The zero-order chi connectivity index (χ0) is 22.3. The standard InChI is InChI=1S/C24H27ClN4O2S/c1-2-20(17-7-9-18(25)10-8-17)27-23(30)16-32-24-19-5-3-4-6-21(19)26-22(28-24)15-29-11-13-31-14-12-29/h3-10,20H,2,11-16H2,1H3,(H,27,30). The average molecular weight is 471 g/mol. The Bertz CT molecular complexity index is 1060. The predicted octanol–water partition coefficient (Wildman–Crippen LogP) is 4.48. The Morgan fingerprint density at radius 1 is 1.16 bits per heavy atom. The van der Waals surface area contributed by atoms with Gasteiger partial charge in [-0.15, -0.1) is 0 Å². The lowest BCUT2D eigenvalue weighted by molar-refractivity contribution is -0.119. The Hall–Kier alpha value is -2.19. The maximum Gasteiger partial charge on any atom is 0.230 e. The van der Waals surface area contributed by atoms with Crippen LogP contribution in [0, 0.1) is 0 Å². The number of carbonyl (C=O) groups excluding carboxylic acids is 1. The summed E-state index contributed by atoms with van der Waals surface area (Å²) in [6.45, 7) is 5.97. The molecule has 1 aliphatic heterocycles. The number of hydrogen-bond donors (Lipinski definition) is 1. The second kappa shape index (κ2) is 11.1. The number of benzene rings is 2. The molecule has 1 saturated heterocycles. The van der Waals surface area contributed by atoms with Crippen LogP contribution in [0.1, 0.15) is 30.8 Å². The molecule has 0 radical (unpaired) electrons. The van der Waals surface area contributed by atoms with Gasteiger partial charge < -0.3 is 10.1 Å². The van der Waals surface area contributed by atoms with Crippen molar-refractivity contribution in [2.45, 2.75) is 31.0 Å². The van der Waals surface area contributed by atoms with Crippen LogP contribution < -0.4 is 5.32 Å². The molecule has 1 fully saturated rings. The Morgan fingerprint density at radius 3 is 2.66 bits per heavy atom. The van der Waals surface area contributed by atoms with E-state index in [4.69, 9.17) is 26.3 Å².